The summed E-state index contributed by atoms with van der Waals surface area (Å²) in [5.74, 6) is 1.23. The van der Waals surface area contributed by atoms with E-state index in [9.17, 15) is 9.59 Å². The number of carbonyl (C=O) groups is 1. The van der Waals surface area contributed by atoms with E-state index in [4.69, 9.17) is 9.40 Å². The molecule has 0 saturated heterocycles. The van der Waals surface area contributed by atoms with Crippen LogP contribution in [0.15, 0.2) is 32.8 Å². The zero-order valence-corrected chi connectivity index (χ0v) is 19.2. The van der Waals surface area contributed by atoms with Crippen molar-refractivity contribution in [2.45, 2.75) is 64.2 Å². The lowest BCUT2D eigenvalue weighted by Gasteiger charge is -2.17. The van der Waals surface area contributed by atoms with Gasteiger partial charge in [-0.25, -0.2) is 4.98 Å². The summed E-state index contributed by atoms with van der Waals surface area (Å²) in [6.07, 6.45) is 5.84. The summed E-state index contributed by atoms with van der Waals surface area (Å²) in [4.78, 5) is 32.8. The van der Waals surface area contributed by atoms with Gasteiger partial charge in [0.25, 0.3) is 5.56 Å². The summed E-state index contributed by atoms with van der Waals surface area (Å²) in [6, 6.07) is 3.76. The van der Waals surface area contributed by atoms with Crippen LogP contribution in [0.2, 0.25) is 0 Å². The number of nitrogens with zero attached hydrogens (tertiary/aromatic N) is 2. The number of fused-ring (bicyclic) bond motifs is 3. The third kappa shape index (κ3) is 4.34. The smallest absolute Gasteiger partial charge is 0.263 e. The van der Waals surface area contributed by atoms with Crippen molar-refractivity contribution in [2.24, 2.45) is 5.92 Å². The van der Waals surface area contributed by atoms with Gasteiger partial charge in [-0.15, -0.1) is 11.3 Å². The Balaban J connectivity index is 1.68. The second kappa shape index (κ2) is 8.98. The minimum absolute atomic E-state index is 0.0331. The van der Waals surface area contributed by atoms with Crippen LogP contribution in [-0.2, 0) is 24.2 Å². The minimum Gasteiger partial charge on any atom is -0.467 e. The minimum atomic E-state index is -0.0504. The third-order valence-electron chi connectivity index (χ3n) is 5.65. The van der Waals surface area contributed by atoms with Gasteiger partial charge in [-0.3, -0.25) is 14.2 Å². The number of aromatic nitrogens is 2. The molecule has 8 heteroatoms. The van der Waals surface area contributed by atoms with E-state index in [1.54, 1.807) is 22.2 Å². The Morgan fingerprint density at radius 2 is 2.13 bits per heavy atom. The van der Waals surface area contributed by atoms with E-state index < -0.39 is 0 Å². The average molecular weight is 446 g/mol. The Labute approximate surface area is 184 Å². The van der Waals surface area contributed by atoms with Crippen LogP contribution in [0.1, 0.15) is 49.8 Å². The molecule has 1 aliphatic rings. The fourth-order valence-electron chi connectivity index (χ4n) is 3.62. The second-order valence-electron chi connectivity index (χ2n) is 8.14. The quantitative estimate of drug-likeness (QED) is 0.435. The highest BCUT2D eigenvalue weighted by Crippen LogP contribution is 2.34. The van der Waals surface area contributed by atoms with Crippen molar-refractivity contribution in [3.05, 3.63) is 45.0 Å². The highest BCUT2D eigenvalue weighted by atomic mass is 32.2. The van der Waals surface area contributed by atoms with Gasteiger partial charge in [0.15, 0.2) is 5.16 Å². The highest BCUT2D eigenvalue weighted by molar-refractivity contribution is 7.99. The molecule has 0 aromatic carbocycles. The second-order valence-corrected chi connectivity index (χ2v) is 10.2. The molecule has 3 heterocycles. The SMILES string of the molecule is CC(C)C(C)NC(=O)CSc1nc2sc3c(c2c(=O)n1Cc1ccco1)CCCC3. The molecule has 1 atom stereocenters. The van der Waals surface area contributed by atoms with Crippen LogP contribution < -0.4 is 10.9 Å². The molecule has 1 unspecified atom stereocenters. The van der Waals surface area contributed by atoms with Crippen molar-refractivity contribution in [2.75, 3.05) is 5.75 Å². The zero-order chi connectivity index (χ0) is 21.3. The molecular formula is C22H27N3O3S2. The van der Waals surface area contributed by atoms with Crippen LogP contribution in [0.3, 0.4) is 0 Å². The number of furan rings is 1. The van der Waals surface area contributed by atoms with Gasteiger partial charge in [0.1, 0.15) is 10.6 Å². The average Bonchev–Trinajstić information content (AvgIpc) is 3.35. The summed E-state index contributed by atoms with van der Waals surface area (Å²) in [6.45, 7) is 6.46. The Kier molecular flexibility index (Phi) is 6.34. The molecule has 0 aliphatic heterocycles. The number of thioether (sulfide) groups is 1. The molecule has 30 heavy (non-hydrogen) atoms. The van der Waals surface area contributed by atoms with Crippen molar-refractivity contribution in [3.8, 4) is 0 Å². The van der Waals surface area contributed by atoms with Gasteiger partial charge in [0.2, 0.25) is 5.91 Å². The topological polar surface area (TPSA) is 77.1 Å². The number of hydrogen-bond acceptors (Lipinski definition) is 6. The lowest BCUT2D eigenvalue weighted by Crippen LogP contribution is -2.37. The molecule has 0 fully saturated rings. The summed E-state index contributed by atoms with van der Waals surface area (Å²) in [5.41, 5.74) is 1.14. The van der Waals surface area contributed by atoms with Crippen LogP contribution in [0.4, 0.5) is 0 Å². The molecule has 1 amide bonds. The number of rotatable bonds is 7. The number of thiophene rings is 1. The van der Waals surface area contributed by atoms with Crippen molar-refractivity contribution in [1.82, 2.24) is 14.9 Å². The number of nitrogens with one attached hydrogen (secondary N) is 1. The van der Waals surface area contributed by atoms with Crippen molar-refractivity contribution < 1.29 is 9.21 Å². The molecular weight excluding hydrogens is 418 g/mol. The van der Waals surface area contributed by atoms with E-state index in [-0.39, 0.29) is 23.3 Å². The van der Waals surface area contributed by atoms with Gasteiger partial charge in [0, 0.05) is 10.9 Å². The van der Waals surface area contributed by atoms with E-state index in [1.807, 2.05) is 19.1 Å². The number of hydrogen-bond donors (Lipinski definition) is 1. The van der Waals surface area contributed by atoms with E-state index in [0.717, 1.165) is 35.9 Å². The first-order chi connectivity index (χ1) is 14.4. The van der Waals surface area contributed by atoms with E-state index in [2.05, 4.69) is 19.2 Å². The van der Waals surface area contributed by atoms with Crippen LogP contribution in [-0.4, -0.2) is 27.3 Å². The van der Waals surface area contributed by atoms with Gasteiger partial charge in [0.05, 0.1) is 23.9 Å². The molecule has 1 N–H and O–H groups in total. The summed E-state index contributed by atoms with van der Waals surface area (Å²) >= 11 is 2.94. The third-order valence-corrected chi connectivity index (χ3v) is 7.82. The van der Waals surface area contributed by atoms with E-state index in [1.165, 1.54) is 22.2 Å². The number of amides is 1. The normalized spacial score (nSPS) is 14.8. The molecule has 0 spiro atoms. The first-order valence-corrected chi connectivity index (χ1v) is 12.2. The molecule has 0 saturated carbocycles. The molecule has 4 rings (SSSR count). The standard InChI is InChI=1S/C22H27N3O3S2/c1-13(2)14(3)23-18(26)12-29-22-24-20-19(16-8-4-5-9-17(16)30-20)21(27)25(22)11-15-7-6-10-28-15/h6-7,10,13-14H,4-5,8-9,11-12H2,1-3H3,(H,23,26). The molecule has 3 aromatic rings. The lowest BCUT2D eigenvalue weighted by molar-refractivity contribution is -0.119. The molecule has 3 aromatic heterocycles. The van der Waals surface area contributed by atoms with Crippen LogP contribution in [0.5, 0.6) is 0 Å². The van der Waals surface area contributed by atoms with Gasteiger partial charge in [-0.1, -0.05) is 25.6 Å². The Morgan fingerprint density at radius 1 is 1.33 bits per heavy atom. The monoisotopic (exact) mass is 445 g/mol. The lowest BCUT2D eigenvalue weighted by atomic mass is 9.97. The van der Waals surface area contributed by atoms with E-state index in [0.29, 0.717) is 23.4 Å². The van der Waals surface area contributed by atoms with Gasteiger partial charge in [-0.2, -0.15) is 0 Å². The van der Waals surface area contributed by atoms with Crippen LogP contribution in [0.25, 0.3) is 10.2 Å². The Bertz CT molecular complexity index is 1100. The zero-order valence-electron chi connectivity index (χ0n) is 17.6. The van der Waals surface area contributed by atoms with Gasteiger partial charge < -0.3 is 9.73 Å². The van der Waals surface area contributed by atoms with Gasteiger partial charge in [-0.05, 0) is 56.2 Å². The molecule has 0 bridgehead atoms. The molecule has 1 aliphatic carbocycles. The first-order valence-electron chi connectivity index (χ1n) is 10.4. The summed E-state index contributed by atoms with van der Waals surface area (Å²) in [5, 5.41) is 4.33. The van der Waals surface area contributed by atoms with Crippen LogP contribution in [0, 0.1) is 5.92 Å². The Hall–Kier alpha value is -2.06. The fourth-order valence-corrected chi connectivity index (χ4v) is 5.73. The van der Waals surface area contributed by atoms with Gasteiger partial charge >= 0.3 is 0 Å². The van der Waals surface area contributed by atoms with E-state index >= 15 is 0 Å². The maximum absolute atomic E-state index is 13.5. The predicted molar refractivity (Wildman–Crippen MR) is 121 cm³/mol. The van der Waals surface area contributed by atoms with Crippen molar-refractivity contribution in [3.63, 3.8) is 0 Å². The maximum Gasteiger partial charge on any atom is 0.263 e. The Morgan fingerprint density at radius 3 is 2.87 bits per heavy atom. The first kappa shape index (κ1) is 21.2. The van der Waals surface area contributed by atoms with Crippen molar-refractivity contribution >= 4 is 39.2 Å². The predicted octanol–water partition coefficient (Wildman–Crippen LogP) is 4.23. The fraction of sp³-hybridized carbons (Fsp3) is 0.500. The molecule has 0 radical (unpaired) electrons. The summed E-state index contributed by atoms with van der Waals surface area (Å²) in [7, 11) is 0. The largest absolute Gasteiger partial charge is 0.467 e. The van der Waals surface area contributed by atoms with Crippen molar-refractivity contribution in [1.29, 1.82) is 0 Å². The highest BCUT2D eigenvalue weighted by Gasteiger charge is 2.23. The molecule has 6 nitrogen and oxygen atoms in total. The summed E-state index contributed by atoms with van der Waals surface area (Å²) < 4.78 is 7.14. The molecule has 160 valence electrons. The number of aryl methyl sites for hydroxylation is 2. The van der Waals surface area contributed by atoms with Crippen LogP contribution >= 0.6 is 23.1 Å². The maximum atomic E-state index is 13.5. The number of carbonyl (C=O) groups excluding carboxylic acids is 1.